The molecular formula is C21H21N3OS. The third-order valence-corrected chi connectivity index (χ3v) is 5.47. The van der Waals surface area contributed by atoms with E-state index < -0.39 is 0 Å². The lowest BCUT2D eigenvalue weighted by molar-refractivity contribution is 0.0993. The number of thioether (sulfide) groups is 1. The van der Waals surface area contributed by atoms with Gasteiger partial charge in [0.15, 0.2) is 10.9 Å². The van der Waals surface area contributed by atoms with Crippen molar-refractivity contribution in [2.24, 2.45) is 0 Å². The Morgan fingerprint density at radius 3 is 2.81 bits per heavy atom. The molecule has 0 fully saturated rings. The van der Waals surface area contributed by atoms with Gasteiger partial charge >= 0.3 is 0 Å². The second kappa shape index (κ2) is 7.76. The van der Waals surface area contributed by atoms with Gasteiger partial charge in [0, 0.05) is 12.1 Å². The third-order valence-electron chi connectivity index (χ3n) is 4.38. The Kier molecular flexibility index (Phi) is 5.43. The van der Waals surface area contributed by atoms with Gasteiger partial charge in [0.1, 0.15) is 0 Å². The van der Waals surface area contributed by atoms with Crippen LogP contribution in [0.1, 0.15) is 34.8 Å². The van der Waals surface area contributed by atoms with Gasteiger partial charge in [-0.1, -0.05) is 41.6 Å². The van der Waals surface area contributed by atoms with Crippen molar-refractivity contribution >= 4 is 28.6 Å². The number of rotatable bonds is 6. The van der Waals surface area contributed by atoms with Crippen LogP contribution in [0.4, 0.5) is 0 Å². The molecule has 0 spiro atoms. The van der Waals surface area contributed by atoms with E-state index in [2.05, 4.69) is 11.1 Å². The zero-order valence-electron chi connectivity index (χ0n) is 15.2. The lowest BCUT2D eigenvalue weighted by atomic mass is 10.0. The maximum Gasteiger partial charge on any atom is 0.176 e. The first-order valence-corrected chi connectivity index (χ1v) is 9.49. The van der Waals surface area contributed by atoms with Crippen LogP contribution in [0.2, 0.25) is 0 Å². The SMILES string of the molecule is Cc1ccc(C)c(C(=O)[C@H](C)Sc2nc3ccccc3n2CCC#N)c1. The number of aryl methyl sites for hydroxylation is 3. The number of imidazole rings is 1. The number of nitriles is 1. The van der Waals surface area contributed by atoms with Gasteiger partial charge in [0.2, 0.25) is 0 Å². The number of carbonyl (C=O) groups is 1. The summed E-state index contributed by atoms with van der Waals surface area (Å²) in [6.45, 7) is 6.45. The molecule has 5 heteroatoms. The molecule has 0 saturated heterocycles. The van der Waals surface area contributed by atoms with Crippen LogP contribution in [0.5, 0.6) is 0 Å². The number of para-hydroxylation sites is 2. The molecule has 0 amide bonds. The van der Waals surface area contributed by atoms with Crippen molar-refractivity contribution in [2.45, 2.75) is 44.1 Å². The van der Waals surface area contributed by atoms with E-state index >= 15 is 0 Å². The largest absolute Gasteiger partial charge is 0.318 e. The summed E-state index contributed by atoms with van der Waals surface area (Å²) in [5.74, 6) is 0.107. The normalized spacial score (nSPS) is 12.1. The van der Waals surface area contributed by atoms with Crippen molar-refractivity contribution < 1.29 is 4.79 Å². The second-order valence-corrected chi connectivity index (χ2v) is 7.69. The molecular weight excluding hydrogens is 342 g/mol. The minimum atomic E-state index is -0.256. The maximum atomic E-state index is 13.0. The smallest absolute Gasteiger partial charge is 0.176 e. The fourth-order valence-electron chi connectivity index (χ4n) is 2.95. The van der Waals surface area contributed by atoms with E-state index in [1.807, 2.05) is 67.8 Å². The number of Topliss-reactive ketones (excluding diaryl/α,β-unsaturated/α-hetero) is 1. The monoisotopic (exact) mass is 363 g/mol. The molecule has 0 radical (unpaired) electrons. The molecule has 0 saturated carbocycles. The van der Waals surface area contributed by atoms with Crippen molar-refractivity contribution in [3.8, 4) is 6.07 Å². The quantitative estimate of drug-likeness (QED) is 0.460. The van der Waals surface area contributed by atoms with Crippen LogP contribution in [0.25, 0.3) is 11.0 Å². The highest BCUT2D eigenvalue weighted by molar-refractivity contribution is 8.00. The summed E-state index contributed by atoms with van der Waals surface area (Å²) in [6.07, 6.45) is 0.410. The molecule has 26 heavy (non-hydrogen) atoms. The molecule has 3 rings (SSSR count). The van der Waals surface area contributed by atoms with Crippen LogP contribution in [0, 0.1) is 25.2 Å². The molecule has 1 atom stereocenters. The Morgan fingerprint density at radius 1 is 1.27 bits per heavy atom. The first kappa shape index (κ1) is 18.2. The standard InChI is InChI=1S/C21H21N3OS/c1-14-9-10-15(2)17(13-14)20(25)16(3)26-21-23-18-7-4-5-8-19(18)24(21)12-6-11-22/h4-5,7-10,13,16H,6,12H2,1-3H3/t16-/m0/s1. The van der Waals surface area contributed by atoms with Crippen molar-refractivity contribution in [1.29, 1.82) is 5.26 Å². The topological polar surface area (TPSA) is 58.7 Å². The van der Waals surface area contributed by atoms with Crippen LogP contribution in [0.15, 0.2) is 47.6 Å². The summed E-state index contributed by atoms with van der Waals surface area (Å²) < 4.78 is 2.04. The Morgan fingerprint density at radius 2 is 2.04 bits per heavy atom. The Labute approximate surface area is 157 Å². The van der Waals surface area contributed by atoms with Gasteiger partial charge in [-0.3, -0.25) is 4.79 Å². The highest BCUT2D eigenvalue weighted by Crippen LogP contribution is 2.29. The van der Waals surface area contributed by atoms with E-state index in [1.165, 1.54) is 11.8 Å². The van der Waals surface area contributed by atoms with Gasteiger partial charge in [-0.05, 0) is 44.5 Å². The van der Waals surface area contributed by atoms with E-state index in [0.29, 0.717) is 13.0 Å². The average molecular weight is 363 g/mol. The molecule has 0 unspecified atom stereocenters. The number of carbonyl (C=O) groups excluding carboxylic acids is 1. The van der Waals surface area contributed by atoms with E-state index in [-0.39, 0.29) is 11.0 Å². The fourth-order valence-corrected chi connectivity index (χ4v) is 3.97. The van der Waals surface area contributed by atoms with Crippen LogP contribution >= 0.6 is 11.8 Å². The van der Waals surface area contributed by atoms with Crippen LogP contribution in [-0.4, -0.2) is 20.6 Å². The van der Waals surface area contributed by atoms with E-state index in [1.54, 1.807) is 0 Å². The zero-order chi connectivity index (χ0) is 18.7. The number of hydrogen-bond acceptors (Lipinski definition) is 4. The molecule has 0 aliphatic rings. The molecule has 4 nitrogen and oxygen atoms in total. The molecule has 1 aromatic heterocycles. The predicted octanol–water partition coefficient (Wildman–Crippen LogP) is 4.93. The lowest BCUT2D eigenvalue weighted by Crippen LogP contribution is -2.16. The van der Waals surface area contributed by atoms with Crippen LogP contribution in [0.3, 0.4) is 0 Å². The van der Waals surface area contributed by atoms with Gasteiger partial charge < -0.3 is 4.57 Å². The molecule has 0 bridgehead atoms. The van der Waals surface area contributed by atoms with Gasteiger partial charge in [0.25, 0.3) is 0 Å². The summed E-state index contributed by atoms with van der Waals surface area (Å²) in [5, 5.41) is 9.49. The zero-order valence-corrected chi connectivity index (χ0v) is 16.0. The van der Waals surface area contributed by atoms with Gasteiger partial charge in [-0.2, -0.15) is 5.26 Å². The number of nitrogens with zero attached hydrogens (tertiary/aromatic N) is 3. The highest BCUT2D eigenvalue weighted by atomic mass is 32.2. The molecule has 1 heterocycles. The predicted molar refractivity (Wildman–Crippen MR) is 106 cm³/mol. The summed E-state index contributed by atoms with van der Waals surface area (Å²) in [5.41, 5.74) is 4.73. The maximum absolute atomic E-state index is 13.0. The van der Waals surface area contributed by atoms with Crippen LogP contribution in [-0.2, 0) is 6.54 Å². The molecule has 0 N–H and O–H groups in total. The van der Waals surface area contributed by atoms with Crippen LogP contribution < -0.4 is 0 Å². The van der Waals surface area contributed by atoms with E-state index in [4.69, 9.17) is 5.26 Å². The van der Waals surface area contributed by atoms with Crippen molar-refractivity contribution in [2.75, 3.05) is 0 Å². The minimum absolute atomic E-state index is 0.107. The van der Waals surface area contributed by atoms with Crippen molar-refractivity contribution in [3.05, 3.63) is 59.2 Å². The number of ketones is 1. The van der Waals surface area contributed by atoms with Crippen molar-refractivity contribution in [1.82, 2.24) is 9.55 Å². The summed E-state index contributed by atoms with van der Waals surface area (Å²) in [7, 11) is 0. The molecule has 132 valence electrons. The first-order chi connectivity index (χ1) is 12.5. The lowest BCUT2D eigenvalue weighted by Gasteiger charge is -2.13. The summed E-state index contributed by atoms with van der Waals surface area (Å²) in [4.78, 5) is 17.6. The van der Waals surface area contributed by atoms with Gasteiger partial charge in [-0.15, -0.1) is 0 Å². The van der Waals surface area contributed by atoms with Crippen molar-refractivity contribution in [3.63, 3.8) is 0 Å². The number of fused-ring (bicyclic) bond motifs is 1. The first-order valence-electron chi connectivity index (χ1n) is 8.61. The van der Waals surface area contributed by atoms with E-state index in [9.17, 15) is 4.79 Å². The third kappa shape index (κ3) is 3.66. The number of aromatic nitrogens is 2. The average Bonchev–Trinajstić information content (AvgIpc) is 2.98. The minimum Gasteiger partial charge on any atom is -0.318 e. The Hall–Kier alpha value is -2.58. The highest BCUT2D eigenvalue weighted by Gasteiger charge is 2.21. The van der Waals surface area contributed by atoms with Gasteiger partial charge in [0.05, 0.1) is 28.8 Å². The fraction of sp³-hybridized carbons (Fsp3) is 0.286. The Balaban J connectivity index is 1.91. The Bertz CT molecular complexity index is 1000. The van der Waals surface area contributed by atoms with Gasteiger partial charge in [-0.25, -0.2) is 4.98 Å². The second-order valence-electron chi connectivity index (χ2n) is 6.39. The van der Waals surface area contributed by atoms with E-state index in [0.717, 1.165) is 32.9 Å². The molecule has 2 aromatic carbocycles. The number of benzene rings is 2. The number of hydrogen-bond donors (Lipinski definition) is 0. The summed E-state index contributed by atoms with van der Waals surface area (Å²) in [6, 6.07) is 16.0. The summed E-state index contributed by atoms with van der Waals surface area (Å²) >= 11 is 1.46. The molecule has 0 aliphatic heterocycles. The molecule has 3 aromatic rings. The molecule has 0 aliphatic carbocycles.